The second-order valence-corrected chi connectivity index (χ2v) is 5.23. The van der Waals surface area contributed by atoms with E-state index in [1.165, 1.54) is 11.1 Å². The third-order valence-corrected chi connectivity index (χ3v) is 3.63. The maximum atomic E-state index is 11.4. The fourth-order valence-electron chi connectivity index (χ4n) is 2.66. The Balaban J connectivity index is 1.98. The van der Waals surface area contributed by atoms with Gasteiger partial charge in [0.05, 0.1) is 11.7 Å². The van der Waals surface area contributed by atoms with E-state index in [9.17, 15) is 4.79 Å². The highest BCUT2D eigenvalue weighted by Crippen LogP contribution is 2.32. The van der Waals surface area contributed by atoms with Gasteiger partial charge in [0, 0.05) is 0 Å². The fourth-order valence-corrected chi connectivity index (χ4v) is 2.66. The molecular weight excluding hydrogens is 264 g/mol. The van der Waals surface area contributed by atoms with Crippen LogP contribution in [0.2, 0.25) is 0 Å². The highest BCUT2D eigenvalue weighted by molar-refractivity contribution is 5.95. The van der Waals surface area contributed by atoms with Gasteiger partial charge in [0.25, 0.3) is 5.91 Å². The van der Waals surface area contributed by atoms with Crippen molar-refractivity contribution in [2.75, 3.05) is 19.0 Å². The molecule has 0 saturated heterocycles. The van der Waals surface area contributed by atoms with E-state index in [1.807, 2.05) is 25.2 Å². The summed E-state index contributed by atoms with van der Waals surface area (Å²) in [7, 11) is 1.93. The molecule has 1 atom stereocenters. The van der Waals surface area contributed by atoms with E-state index in [0.29, 0.717) is 0 Å². The lowest BCUT2D eigenvalue weighted by atomic mass is 9.97. The molecule has 0 aliphatic carbocycles. The number of ether oxygens (including phenoxy) is 1. The number of nitrogens with one attached hydrogen (secondary N) is 2. The first kappa shape index (κ1) is 13.6. The summed E-state index contributed by atoms with van der Waals surface area (Å²) in [5, 5.41) is 6.18. The van der Waals surface area contributed by atoms with Crippen molar-refractivity contribution >= 4 is 11.6 Å². The van der Waals surface area contributed by atoms with E-state index in [0.717, 1.165) is 17.0 Å². The summed E-state index contributed by atoms with van der Waals surface area (Å²) >= 11 is 0. The van der Waals surface area contributed by atoms with Crippen LogP contribution in [0.25, 0.3) is 0 Å². The number of hydrogen-bond acceptors (Lipinski definition) is 3. The minimum absolute atomic E-state index is 0.0778. The number of benzene rings is 2. The van der Waals surface area contributed by atoms with Gasteiger partial charge in [-0.2, -0.15) is 0 Å². The van der Waals surface area contributed by atoms with Crippen LogP contribution in [0.4, 0.5) is 5.69 Å². The molecule has 2 aromatic carbocycles. The van der Waals surface area contributed by atoms with Crippen molar-refractivity contribution in [1.82, 2.24) is 5.32 Å². The predicted molar refractivity (Wildman–Crippen MR) is 82.6 cm³/mol. The molecular formula is C17H18N2O2. The molecule has 1 aliphatic heterocycles. The highest BCUT2D eigenvalue weighted by atomic mass is 16.5. The fraction of sp³-hybridized carbons (Fsp3) is 0.235. The second kappa shape index (κ2) is 5.58. The van der Waals surface area contributed by atoms with Gasteiger partial charge in [-0.1, -0.05) is 35.9 Å². The molecule has 0 aromatic heterocycles. The van der Waals surface area contributed by atoms with E-state index in [2.05, 4.69) is 41.8 Å². The third kappa shape index (κ3) is 2.76. The Kier molecular flexibility index (Phi) is 3.62. The van der Waals surface area contributed by atoms with Crippen LogP contribution in [0.3, 0.4) is 0 Å². The number of amides is 1. The molecule has 108 valence electrons. The summed E-state index contributed by atoms with van der Waals surface area (Å²) in [5.74, 6) is 0.605. The standard InChI is InChI=1S/C17H18N2O2/c1-11-4-3-5-12(8-11)17(18-2)13-6-7-15-14(9-13)19-16(20)10-21-15/h3-9,17-18H,10H2,1-2H3,(H,19,20). The Morgan fingerprint density at radius 3 is 2.76 bits per heavy atom. The number of carbonyl (C=O) groups excluding carboxylic acids is 1. The molecule has 3 rings (SSSR count). The topological polar surface area (TPSA) is 50.4 Å². The molecule has 2 N–H and O–H groups in total. The summed E-state index contributed by atoms with van der Waals surface area (Å²) < 4.78 is 5.40. The number of fused-ring (bicyclic) bond motifs is 1. The first-order valence-corrected chi connectivity index (χ1v) is 6.98. The molecule has 0 bridgehead atoms. The number of rotatable bonds is 3. The van der Waals surface area contributed by atoms with Crippen molar-refractivity contribution in [3.63, 3.8) is 0 Å². The SMILES string of the molecule is CNC(c1cccc(C)c1)c1ccc2c(c1)NC(=O)CO2. The van der Waals surface area contributed by atoms with Gasteiger partial charge in [0.2, 0.25) is 0 Å². The third-order valence-electron chi connectivity index (χ3n) is 3.63. The van der Waals surface area contributed by atoms with Crippen molar-refractivity contribution in [2.24, 2.45) is 0 Å². The van der Waals surface area contributed by atoms with Gasteiger partial charge in [-0.3, -0.25) is 4.79 Å². The van der Waals surface area contributed by atoms with E-state index in [-0.39, 0.29) is 18.6 Å². The summed E-state index contributed by atoms with van der Waals surface area (Å²) in [6.07, 6.45) is 0. The molecule has 21 heavy (non-hydrogen) atoms. The smallest absolute Gasteiger partial charge is 0.262 e. The molecule has 1 heterocycles. The molecule has 0 saturated carbocycles. The lowest BCUT2D eigenvalue weighted by Gasteiger charge is -2.22. The molecule has 1 aliphatic rings. The van der Waals surface area contributed by atoms with Crippen molar-refractivity contribution in [2.45, 2.75) is 13.0 Å². The lowest BCUT2D eigenvalue weighted by molar-refractivity contribution is -0.118. The van der Waals surface area contributed by atoms with E-state index >= 15 is 0 Å². The number of anilines is 1. The monoisotopic (exact) mass is 282 g/mol. The summed E-state index contributed by atoms with van der Waals surface area (Å²) in [6, 6.07) is 14.4. The molecule has 0 fully saturated rings. The number of hydrogen-bond donors (Lipinski definition) is 2. The average Bonchev–Trinajstić information content (AvgIpc) is 2.48. The van der Waals surface area contributed by atoms with Crippen LogP contribution in [0.15, 0.2) is 42.5 Å². The van der Waals surface area contributed by atoms with Crippen LogP contribution in [-0.2, 0) is 4.79 Å². The minimum Gasteiger partial charge on any atom is -0.482 e. The van der Waals surface area contributed by atoms with Crippen molar-refractivity contribution < 1.29 is 9.53 Å². The summed E-state index contributed by atoms with van der Waals surface area (Å²) in [5.41, 5.74) is 4.24. The Morgan fingerprint density at radius 1 is 1.19 bits per heavy atom. The van der Waals surface area contributed by atoms with Crippen LogP contribution in [0.1, 0.15) is 22.7 Å². The van der Waals surface area contributed by atoms with Crippen LogP contribution in [-0.4, -0.2) is 19.6 Å². The Labute approximate surface area is 124 Å². The maximum Gasteiger partial charge on any atom is 0.262 e. The Morgan fingerprint density at radius 2 is 2.00 bits per heavy atom. The Bertz CT molecular complexity index is 682. The molecule has 1 amide bonds. The summed E-state index contributed by atoms with van der Waals surface area (Å²) in [6.45, 7) is 2.16. The maximum absolute atomic E-state index is 11.4. The highest BCUT2D eigenvalue weighted by Gasteiger charge is 2.19. The first-order chi connectivity index (χ1) is 10.2. The zero-order valence-corrected chi connectivity index (χ0v) is 12.1. The summed E-state index contributed by atoms with van der Waals surface area (Å²) in [4.78, 5) is 11.4. The van der Waals surface area contributed by atoms with Crippen LogP contribution in [0.5, 0.6) is 5.75 Å². The van der Waals surface area contributed by atoms with E-state index in [1.54, 1.807) is 0 Å². The largest absolute Gasteiger partial charge is 0.482 e. The van der Waals surface area contributed by atoms with Gasteiger partial charge in [-0.05, 0) is 37.2 Å². The van der Waals surface area contributed by atoms with Crippen molar-refractivity contribution in [1.29, 1.82) is 0 Å². The van der Waals surface area contributed by atoms with Gasteiger partial charge in [-0.15, -0.1) is 0 Å². The average molecular weight is 282 g/mol. The van der Waals surface area contributed by atoms with Crippen molar-refractivity contribution in [3.8, 4) is 5.75 Å². The number of carbonyl (C=O) groups is 1. The molecule has 0 spiro atoms. The van der Waals surface area contributed by atoms with Gasteiger partial charge in [0.15, 0.2) is 6.61 Å². The second-order valence-electron chi connectivity index (χ2n) is 5.23. The molecule has 4 heteroatoms. The zero-order chi connectivity index (χ0) is 14.8. The Hall–Kier alpha value is -2.33. The molecule has 2 aromatic rings. The van der Waals surface area contributed by atoms with Crippen molar-refractivity contribution in [3.05, 3.63) is 59.2 Å². The minimum atomic E-state index is -0.115. The number of aryl methyl sites for hydroxylation is 1. The normalized spacial score (nSPS) is 14.9. The van der Waals surface area contributed by atoms with Gasteiger partial charge in [-0.25, -0.2) is 0 Å². The predicted octanol–water partition coefficient (Wildman–Crippen LogP) is 2.63. The molecule has 4 nitrogen and oxygen atoms in total. The van der Waals surface area contributed by atoms with Crippen LogP contribution in [0, 0.1) is 6.92 Å². The van der Waals surface area contributed by atoms with E-state index in [4.69, 9.17) is 4.74 Å². The zero-order valence-electron chi connectivity index (χ0n) is 12.1. The molecule has 1 unspecified atom stereocenters. The van der Waals surface area contributed by atoms with E-state index < -0.39 is 0 Å². The van der Waals surface area contributed by atoms with Gasteiger partial charge in [0.1, 0.15) is 5.75 Å². The van der Waals surface area contributed by atoms with Gasteiger partial charge >= 0.3 is 0 Å². The van der Waals surface area contributed by atoms with Gasteiger partial charge < -0.3 is 15.4 Å². The quantitative estimate of drug-likeness (QED) is 0.910. The van der Waals surface area contributed by atoms with Crippen LogP contribution >= 0.6 is 0 Å². The van der Waals surface area contributed by atoms with Crippen LogP contribution < -0.4 is 15.4 Å². The lowest BCUT2D eigenvalue weighted by Crippen LogP contribution is -2.26. The molecule has 0 radical (unpaired) electrons. The first-order valence-electron chi connectivity index (χ1n) is 6.98.